The molecular formula is C16H24ClNO3. The van der Waals surface area contributed by atoms with Gasteiger partial charge >= 0.3 is 0 Å². The predicted octanol–water partition coefficient (Wildman–Crippen LogP) is 2.09. The molecule has 2 N–H and O–H groups in total. The first-order chi connectivity index (χ1) is 9.62. The molecule has 1 aliphatic carbocycles. The molecule has 2 aliphatic rings. The van der Waals surface area contributed by atoms with Gasteiger partial charge in [0, 0.05) is 18.7 Å². The van der Waals surface area contributed by atoms with E-state index in [9.17, 15) is 5.11 Å². The Morgan fingerprint density at radius 2 is 2.10 bits per heavy atom. The largest absolute Gasteiger partial charge is 0.496 e. The van der Waals surface area contributed by atoms with Crippen LogP contribution in [0.25, 0.3) is 0 Å². The first-order valence-electron chi connectivity index (χ1n) is 7.32. The highest BCUT2D eigenvalue weighted by molar-refractivity contribution is 5.85. The maximum atomic E-state index is 11.2. The summed E-state index contributed by atoms with van der Waals surface area (Å²) in [6.07, 6.45) is 2.13. The number of hydrogen-bond acceptors (Lipinski definition) is 4. The van der Waals surface area contributed by atoms with Gasteiger partial charge in [-0.1, -0.05) is 18.2 Å². The highest BCUT2D eigenvalue weighted by Crippen LogP contribution is 2.52. The van der Waals surface area contributed by atoms with Crippen LogP contribution in [0.1, 0.15) is 25.3 Å². The van der Waals surface area contributed by atoms with Crippen LogP contribution in [0.2, 0.25) is 0 Å². The van der Waals surface area contributed by atoms with Gasteiger partial charge in [0.2, 0.25) is 0 Å². The van der Waals surface area contributed by atoms with E-state index in [4.69, 9.17) is 9.47 Å². The summed E-state index contributed by atoms with van der Waals surface area (Å²) in [4.78, 5) is 0. The molecule has 0 spiro atoms. The highest BCUT2D eigenvalue weighted by Gasteiger charge is 2.58. The molecule has 1 saturated heterocycles. The van der Waals surface area contributed by atoms with Crippen LogP contribution in [0, 0.1) is 5.92 Å². The normalized spacial score (nSPS) is 28.3. The van der Waals surface area contributed by atoms with Crippen molar-refractivity contribution >= 4 is 12.4 Å². The van der Waals surface area contributed by atoms with Crippen LogP contribution in [0.5, 0.6) is 5.75 Å². The Hall–Kier alpha value is -0.810. The molecule has 2 unspecified atom stereocenters. The van der Waals surface area contributed by atoms with Gasteiger partial charge in [-0.3, -0.25) is 0 Å². The van der Waals surface area contributed by atoms with Crippen LogP contribution in [-0.4, -0.2) is 37.5 Å². The number of hydrogen-bond donors (Lipinski definition) is 2. The third-order valence-electron chi connectivity index (χ3n) is 4.73. The van der Waals surface area contributed by atoms with Crippen molar-refractivity contribution in [1.82, 2.24) is 5.32 Å². The van der Waals surface area contributed by atoms with Gasteiger partial charge in [-0.15, -0.1) is 12.4 Å². The Morgan fingerprint density at radius 1 is 1.38 bits per heavy atom. The van der Waals surface area contributed by atoms with Gasteiger partial charge in [-0.2, -0.15) is 0 Å². The van der Waals surface area contributed by atoms with Crippen LogP contribution < -0.4 is 10.1 Å². The number of methoxy groups -OCH3 is 1. The molecule has 5 heteroatoms. The van der Waals surface area contributed by atoms with E-state index < -0.39 is 11.2 Å². The van der Waals surface area contributed by atoms with Crippen molar-refractivity contribution in [3.63, 3.8) is 0 Å². The molecular weight excluding hydrogens is 290 g/mol. The fraction of sp³-hybridized carbons (Fsp3) is 0.625. The first kappa shape index (κ1) is 16.6. The van der Waals surface area contributed by atoms with Crippen LogP contribution in [0.15, 0.2) is 24.3 Å². The minimum atomic E-state index is -0.894. The molecule has 0 radical (unpaired) electrons. The summed E-state index contributed by atoms with van der Waals surface area (Å²) in [7, 11) is 1.66. The molecule has 0 bridgehead atoms. The summed E-state index contributed by atoms with van der Waals surface area (Å²) in [6, 6.07) is 7.85. The zero-order valence-electron chi connectivity index (χ0n) is 12.6. The minimum Gasteiger partial charge on any atom is -0.496 e. The second-order valence-corrected chi connectivity index (χ2v) is 5.97. The fourth-order valence-corrected chi connectivity index (χ4v) is 3.34. The van der Waals surface area contributed by atoms with Gasteiger partial charge < -0.3 is 19.9 Å². The fourth-order valence-electron chi connectivity index (χ4n) is 3.34. The van der Waals surface area contributed by atoms with Gasteiger partial charge in [-0.25, -0.2) is 0 Å². The Bertz CT molecular complexity index is 482. The first-order valence-corrected chi connectivity index (χ1v) is 7.32. The number of para-hydroxylation sites is 1. The van der Waals surface area contributed by atoms with Crippen molar-refractivity contribution in [2.75, 3.05) is 26.8 Å². The number of ether oxygens (including phenoxy) is 2. The number of morpholine rings is 1. The Morgan fingerprint density at radius 3 is 2.67 bits per heavy atom. The predicted molar refractivity (Wildman–Crippen MR) is 84.1 cm³/mol. The number of nitrogens with one attached hydrogen (secondary N) is 1. The van der Waals surface area contributed by atoms with Crippen LogP contribution in [0.3, 0.4) is 0 Å². The molecule has 1 aromatic rings. The van der Waals surface area contributed by atoms with Crippen LogP contribution in [0.4, 0.5) is 0 Å². The lowest BCUT2D eigenvalue weighted by molar-refractivity contribution is -0.203. The lowest BCUT2D eigenvalue weighted by atomic mass is 9.74. The van der Waals surface area contributed by atoms with Crippen molar-refractivity contribution in [3.05, 3.63) is 29.8 Å². The third kappa shape index (κ3) is 2.66. The van der Waals surface area contributed by atoms with Crippen molar-refractivity contribution < 1.29 is 14.6 Å². The minimum absolute atomic E-state index is 0. The molecule has 1 aliphatic heterocycles. The summed E-state index contributed by atoms with van der Waals surface area (Å²) >= 11 is 0. The van der Waals surface area contributed by atoms with E-state index in [-0.39, 0.29) is 12.4 Å². The molecule has 118 valence electrons. The monoisotopic (exact) mass is 313 g/mol. The van der Waals surface area contributed by atoms with E-state index >= 15 is 0 Å². The van der Waals surface area contributed by atoms with Crippen molar-refractivity contribution in [2.45, 2.75) is 31.0 Å². The topological polar surface area (TPSA) is 50.7 Å². The molecule has 21 heavy (non-hydrogen) atoms. The summed E-state index contributed by atoms with van der Waals surface area (Å²) in [5.74, 6) is 1.07. The molecule has 1 aromatic carbocycles. The zero-order chi connectivity index (χ0) is 14.2. The number of rotatable bonds is 4. The van der Waals surface area contributed by atoms with E-state index in [0.29, 0.717) is 19.1 Å². The number of benzene rings is 1. The molecule has 2 fully saturated rings. The summed E-state index contributed by atoms with van der Waals surface area (Å²) < 4.78 is 11.7. The second kappa shape index (κ2) is 6.13. The Balaban J connectivity index is 0.00000161. The van der Waals surface area contributed by atoms with Crippen molar-refractivity contribution in [1.29, 1.82) is 0 Å². The van der Waals surface area contributed by atoms with Gasteiger partial charge in [0.15, 0.2) is 0 Å². The van der Waals surface area contributed by atoms with Crippen molar-refractivity contribution in [3.8, 4) is 5.75 Å². The van der Waals surface area contributed by atoms with Crippen molar-refractivity contribution in [2.24, 2.45) is 5.92 Å². The standard InChI is InChI=1S/C16H23NO3.ClH/c1-15(18,12-7-8-12)16(11-17-9-10-20-16)13-5-3-4-6-14(13)19-2;/h3-6,12,17-18H,7-11H2,1-2H3;1H. The molecule has 1 heterocycles. The lowest BCUT2D eigenvalue weighted by Crippen LogP contribution is -2.61. The van der Waals surface area contributed by atoms with Crippen LogP contribution in [-0.2, 0) is 10.3 Å². The molecule has 2 atom stereocenters. The third-order valence-corrected chi connectivity index (χ3v) is 4.73. The SMILES string of the molecule is COc1ccccc1C1(C(C)(O)C2CC2)CNCCO1.Cl. The molecule has 3 rings (SSSR count). The van der Waals surface area contributed by atoms with E-state index in [2.05, 4.69) is 5.32 Å². The maximum Gasteiger partial charge on any atom is 0.138 e. The average molecular weight is 314 g/mol. The molecule has 0 amide bonds. The lowest BCUT2D eigenvalue weighted by Gasteiger charge is -2.48. The average Bonchev–Trinajstić information content (AvgIpc) is 3.33. The van der Waals surface area contributed by atoms with E-state index in [1.54, 1.807) is 7.11 Å². The Kier molecular flexibility index (Phi) is 4.83. The number of halogens is 1. The van der Waals surface area contributed by atoms with E-state index in [1.165, 1.54) is 0 Å². The van der Waals surface area contributed by atoms with Gasteiger partial charge in [-0.05, 0) is 31.7 Å². The zero-order valence-corrected chi connectivity index (χ0v) is 13.4. The number of aliphatic hydroxyl groups is 1. The quantitative estimate of drug-likeness (QED) is 0.894. The summed E-state index contributed by atoms with van der Waals surface area (Å²) in [5, 5.41) is 14.6. The molecule has 0 aromatic heterocycles. The molecule has 1 saturated carbocycles. The Labute approximate surface area is 132 Å². The second-order valence-electron chi connectivity index (χ2n) is 5.97. The van der Waals surface area contributed by atoms with E-state index in [1.807, 2.05) is 31.2 Å². The highest BCUT2D eigenvalue weighted by atomic mass is 35.5. The summed E-state index contributed by atoms with van der Waals surface area (Å²) in [5.41, 5.74) is -0.694. The maximum absolute atomic E-state index is 11.2. The summed E-state index contributed by atoms with van der Waals surface area (Å²) in [6.45, 7) is 3.93. The van der Waals surface area contributed by atoms with Crippen LogP contribution >= 0.6 is 12.4 Å². The molecule has 4 nitrogen and oxygen atoms in total. The van der Waals surface area contributed by atoms with Gasteiger partial charge in [0.25, 0.3) is 0 Å². The van der Waals surface area contributed by atoms with Gasteiger partial charge in [0.05, 0.1) is 19.3 Å². The van der Waals surface area contributed by atoms with E-state index in [0.717, 1.165) is 30.7 Å². The smallest absolute Gasteiger partial charge is 0.138 e. The van der Waals surface area contributed by atoms with Gasteiger partial charge in [0.1, 0.15) is 11.4 Å².